The number of nitrogens with zero attached hydrogens (tertiary/aromatic N) is 6. The SMILES string of the molecule is Cn1ncc2c(=O)[nH]c(N3CCN(c4c(F)cc(OCCN5CCOCC5)cc4F)CC3)nc21. The molecule has 3 aromatic rings. The van der Waals surface area contributed by atoms with Gasteiger partial charge in [0.05, 0.1) is 19.4 Å². The van der Waals surface area contributed by atoms with Crippen molar-refractivity contribution in [2.75, 3.05) is 75.4 Å². The zero-order valence-corrected chi connectivity index (χ0v) is 19.0. The van der Waals surface area contributed by atoms with Crippen LogP contribution in [0.2, 0.25) is 0 Å². The molecule has 2 aliphatic heterocycles. The van der Waals surface area contributed by atoms with Crippen LogP contribution in [0.5, 0.6) is 5.75 Å². The molecule has 0 atom stereocenters. The van der Waals surface area contributed by atoms with E-state index in [1.807, 2.05) is 4.90 Å². The predicted molar refractivity (Wildman–Crippen MR) is 123 cm³/mol. The zero-order valence-electron chi connectivity index (χ0n) is 19.0. The van der Waals surface area contributed by atoms with Crippen LogP contribution in [0.15, 0.2) is 23.1 Å². The van der Waals surface area contributed by atoms with Crippen molar-refractivity contribution in [2.24, 2.45) is 7.05 Å². The van der Waals surface area contributed by atoms with Crippen molar-refractivity contribution in [1.29, 1.82) is 0 Å². The standard InChI is InChI=1S/C22H27F2N7O3/c1-28-20-16(14-25-28)21(32)27-22(26-20)31-4-2-30(3-5-31)19-17(23)12-15(13-18(19)24)34-11-8-29-6-9-33-10-7-29/h12-14H,2-11H2,1H3,(H,26,27,32). The van der Waals surface area contributed by atoms with Crippen molar-refractivity contribution < 1.29 is 18.3 Å². The van der Waals surface area contributed by atoms with Gasteiger partial charge in [-0.3, -0.25) is 19.4 Å². The molecule has 0 spiro atoms. The van der Waals surface area contributed by atoms with E-state index in [1.165, 1.54) is 18.3 Å². The number of fused-ring (bicyclic) bond motifs is 1. The fourth-order valence-electron chi connectivity index (χ4n) is 4.36. The lowest BCUT2D eigenvalue weighted by Crippen LogP contribution is -2.48. The third-order valence-electron chi connectivity index (χ3n) is 6.26. The number of hydrogen-bond acceptors (Lipinski definition) is 8. The second kappa shape index (κ2) is 9.55. The summed E-state index contributed by atoms with van der Waals surface area (Å²) < 4.78 is 42.2. The normalized spacial score (nSPS) is 17.5. The summed E-state index contributed by atoms with van der Waals surface area (Å²) in [5, 5.41) is 4.49. The lowest BCUT2D eigenvalue weighted by molar-refractivity contribution is 0.0322. The van der Waals surface area contributed by atoms with Crippen LogP contribution in [0.1, 0.15) is 0 Å². The fraction of sp³-hybridized carbons (Fsp3) is 0.500. The minimum atomic E-state index is -0.655. The quantitative estimate of drug-likeness (QED) is 0.564. The number of rotatable bonds is 6. The van der Waals surface area contributed by atoms with Crippen LogP contribution < -0.4 is 20.1 Å². The average molecular weight is 476 g/mol. The van der Waals surface area contributed by atoms with E-state index >= 15 is 0 Å². The summed E-state index contributed by atoms with van der Waals surface area (Å²) in [5.74, 6) is -0.710. The van der Waals surface area contributed by atoms with E-state index < -0.39 is 11.6 Å². The molecule has 2 fully saturated rings. The van der Waals surface area contributed by atoms with E-state index in [1.54, 1.807) is 16.6 Å². The molecule has 0 amide bonds. The summed E-state index contributed by atoms with van der Waals surface area (Å²) >= 11 is 0. The Labute approximate surface area is 194 Å². The molecule has 0 radical (unpaired) electrons. The topological polar surface area (TPSA) is 91.8 Å². The highest BCUT2D eigenvalue weighted by atomic mass is 19.1. The molecule has 10 nitrogen and oxygen atoms in total. The van der Waals surface area contributed by atoms with Gasteiger partial charge in [-0.15, -0.1) is 0 Å². The van der Waals surface area contributed by atoms with Gasteiger partial charge in [-0.25, -0.2) is 8.78 Å². The van der Waals surface area contributed by atoms with Crippen LogP contribution in [0, 0.1) is 11.6 Å². The van der Waals surface area contributed by atoms with Gasteiger partial charge < -0.3 is 19.3 Å². The zero-order chi connectivity index (χ0) is 23.7. The van der Waals surface area contributed by atoms with Gasteiger partial charge in [0.15, 0.2) is 17.3 Å². The number of anilines is 2. The van der Waals surface area contributed by atoms with E-state index in [9.17, 15) is 13.6 Å². The second-order valence-electron chi connectivity index (χ2n) is 8.41. The van der Waals surface area contributed by atoms with Crippen molar-refractivity contribution in [3.05, 3.63) is 40.3 Å². The Morgan fingerprint density at radius 3 is 2.44 bits per heavy atom. The lowest BCUT2D eigenvalue weighted by Gasteiger charge is -2.36. The van der Waals surface area contributed by atoms with Crippen LogP contribution in [-0.2, 0) is 11.8 Å². The molecule has 0 aliphatic carbocycles. The minimum absolute atomic E-state index is 0.0660. The Morgan fingerprint density at radius 2 is 1.74 bits per heavy atom. The molecule has 12 heteroatoms. The molecule has 0 unspecified atom stereocenters. The second-order valence-corrected chi connectivity index (χ2v) is 8.41. The van der Waals surface area contributed by atoms with E-state index in [0.29, 0.717) is 69.5 Å². The number of nitrogens with one attached hydrogen (secondary N) is 1. The molecule has 182 valence electrons. The first-order valence-corrected chi connectivity index (χ1v) is 11.3. The molecule has 2 saturated heterocycles. The number of aromatic amines is 1. The summed E-state index contributed by atoms with van der Waals surface area (Å²) in [6, 6.07) is 2.47. The summed E-state index contributed by atoms with van der Waals surface area (Å²) in [5.41, 5.74) is 0.156. The first kappa shape index (κ1) is 22.5. The van der Waals surface area contributed by atoms with Crippen LogP contribution in [0.3, 0.4) is 0 Å². The highest BCUT2D eigenvalue weighted by Crippen LogP contribution is 2.29. The number of hydrogen-bond donors (Lipinski definition) is 1. The molecule has 1 N–H and O–H groups in total. The van der Waals surface area contributed by atoms with E-state index in [-0.39, 0.29) is 17.0 Å². The van der Waals surface area contributed by atoms with Gasteiger partial charge in [0.2, 0.25) is 5.95 Å². The summed E-state index contributed by atoms with van der Waals surface area (Å²) in [7, 11) is 1.72. The lowest BCUT2D eigenvalue weighted by atomic mass is 10.2. The van der Waals surface area contributed by atoms with Gasteiger partial charge in [0, 0.05) is 65.0 Å². The molecular weight excluding hydrogens is 448 g/mol. The first-order chi connectivity index (χ1) is 16.5. The minimum Gasteiger partial charge on any atom is -0.492 e. The molecule has 2 aliphatic rings. The maximum absolute atomic E-state index is 14.9. The first-order valence-electron chi connectivity index (χ1n) is 11.3. The van der Waals surface area contributed by atoms with Gasteiger partial charge in [-0.2, -0.15) is 10.1 Å². The monoisotopic (exact) mass is 475 g/mol. The molecule has 4 heterocycles. The summed E-state index contributed by atoms with van der Waals surface area (Å²) in [4.78, 5) is 25.4. The number of aryl methyl sites for hydroxylation is 1. The molecule has 34 heavy (non-hydrogen) atoms. The third kappa shape index (κ3) is 4.55. The van der Waals surface area contributed by atoms with Crippen LogP contribution in [0.25, 0.3) is 11.0 Å². The number of halogens is 2. The Bertz CT molecular complexity index is 1190. The van der Waals surface area contributed by atoms with Gasteiger partial charge in [-0.05, 0) is 0 Å². The Balaban J connectivity index is 1.22. The molecule has 5 rings (SSSR count). The highest BCUT2D eigenvalue weighted by Gasteiger charge is 2.25. The maximum atomic E-state index is 14.9. The van der Waals surface area contributed by atoms with Crippen molar-refractivity contribution in [2.45, 2.75) is 0 Å². The van der Waals surface area contributed by atoms with Crippen molar-refractivity contribution in [3.8, 4) is 5.75 Å². The maximum Gasteiger partial charge on any atom is 0.263 e. The van der Waals surface area contributed by atoms with E-state index in [4.69, 9.17) is 9.47 Å². The van der Waals surface area contributed by atoms with Gasteiger partial charge >= 0.3 is 0 Å². The highest BCUT2D eigenvalue weighted by molar-refractivity contribution is 5.74. The third-order valence-corrected chi connectivity index (χ3v) is 6.26. The van der Waals surface area contributed by atoms with Crippen LogP contribution in [-0.4, -0.2) is 90.3 Å². The smallest absolute Gasteiger partial charge is 0.263 e. The van der Waals surface area contributed by atoms with E-state index in [0.717, 1.165) is 13.1 Å². The van der Waals surface area contributed by atoms with E-state index in [2.05, 4.69) is 20.0 Å². The molecule has 1 aromatic carbocycles. The van der Waals surface area contributed by atoms with Crippen molar-refractivity contribution >= 4 is 22.7 Å². The molecule has 0 bridgehead atoms. The summed E-state index contributed by atoms with van der Waals surface area (Å²) in [6.45, 7) is 5.71. The van der Waals surface area contributed by atoms with Crippen LogP contribution >= 0.6 is 0 Å². The average Bonchev–Trinajstić information content (AvgIpc) is 3.21. The molecule has 0 saturated carbocycles. The number of benzene rings is 1. The number of piperazine rings is 1. The predicted octanol–water partition coefficient (Wildman–Crippen LogP) is 0.972. The van der Waals surface area contributed by atoms with Crippen molar-refractivity contribution in [3.63, 3.8) is 0 Å². The number of aromatic nitrogens is 4. The van der Waals surface area contributed by atoms with Crippen LogP contribution in [0.4, 0.5) is 20.4 Å². The molecular formula is C22H27F2N7O3. The van der Waals surface area contributed by atoms with Crippen molar-refractivity contribution in [1.82, 2.24) is 24.6 Å². The Kier molecular flexibility index (Phi) is 6.33. The Hall–Kier alpha value is -3.25. The van der Waals surface area contributed by atoms with Gasteiger partial charge in [0.1, 0.15) is 23.4 Å². The Morgan fingerprint density at radius 1 is 1.06 bits per heavy atom. The van der Waals surface area contributed by atoms with Gasteiger partial charge in [-0.1, -0.05) is 0 Å². The summed E-state index contributed by atoms with van der Waals surface area (Å²) in [6.07, 6.45) is 1.48. The fourth-order valence-corrected chi connectivity index (χ4v) is 4.36. The number of morpholine rings is 1. The number of ether oxygens (including phenoxy) is 2. The van der Waals surface area contributed by atoms with Gasteiger partial charge in [0.25, 0.3) is 5.56 Å². The largest absolute Gasteiger partial charge is 0.492 e. The molecule has 2 aromatic heterocycles. The number of H-pyrrole nitrogens is 1.